The zero-order valence-corrected chi connectivity index (χ0v) is 22.3. The Kier molecular flexibility index (Phi) is 12.8. The molecule has 0 radical (unpaired) electrons. The monoisotopic (exact) mass is 583 g/mol. The molecule has 17 heteroatoms. The van der Waals surface area contributed by atoms with Crippen LogP contribution in [0.3, 0.4) is 0 Å². The lowest BCUT2D eigenvalue weighted by atomic mass is 9.84. The number of hydrogen-bond acceptors (Lipinski definition) is 15. The van der Waals surface area contributed by atoms with Gasteiger partial charge < -0.3 is 78.5 Å². The predicted molar refractivity (Wildman–Crippen MR) is 139 cm³/mol. The highest BCUT2D eigenvalue weighted by molar-refractivity contribution is 5.85. The Morgan fingerprint density at radius 1 is 1.00 bits per heavy atom. The van der Waals surface area contributed by atoms with E-state index in [0.717, 1.165) is 0 Å². The van der Waals surface area contributed by atoms with Gasteiger partial charge in [0.05, 0.1) is 30.8 Å². The van der Waals surface area contributed by atoms with Gasteiger partial charge in [-0.25, -0.2) is 4.39 Å². The highest BCUT2D eigenvalue weighted by atomic mass is 19.1. The van der Waals surface area contributed by atoms with Gasteiger partial charge in [0.15, 0.2) is 12.6 Å². The molecule has 2 saturated heterocycles. The molecule has 2 aliphatic heterocycles. The number of ether oxygens (including phenoxy) is 4. The number of aliphatic hydroxyl groups excluding tert-OH is 5. The summed E-state index contributed by atoms with van der Waals surface area (Å²) in [5.74, 6) is -0.216. The van der Waals surface area contributed by atoms with E-state index < -0.39 is 92.8 Å². The molecule has 16 nitrogen and oxygen atoms in total. The van der Waals surface area contributed by atoms with Crippen LogP contribution < -0.4 is 34.0 Å². The van der Waals surface area contributed by atoms with Crippen molar-refractivity contribution in [3.8, 4) is 0 Å². The van der Waals surface area contributed by atoms with Gasteiger partial charge in [0.1, 0.15) is 55.2 Å². The smallest absolute Gasteiger partial charge is 0.186 e. The second kappa shape index (κ2) is 15.4. The SMILES string of the molecule is NCC(O)C(N)=NC1CC(N)C(OC2OC(CNCCF)CCC2N)C(O)C1OC1OC(CO)C(O)C(N)C1O. The molecular formula is C23H46FN7O9. The summed E-state index contributed by atoms with van der Waals surface area (Å²) in [4.78, 5) is 4.28. The predicted octanol–water partition coefficient (Wildman–Crippen LogP) is -5.95. The molecule has 3 aliphatic rings. The summed E-state index contributed by atoms with van der Waals surface area (Å²) in [7, 11) is 0. The topological polar surface area (TPSA) is 293 Å². The van der Waals surface area contributed by atoms with E-state index in [0.29, 0.717) is 19.4 Å². The van der Waals surface area contributed by atoms with Crippen LogP contribution in [0.4, 0.5) is 4.39 Å². The van der Waals surface area contributed by atoms with E-state index in [2.05, 4.69) is 10.3 Å². The molecule has 40 heavy (non-hydrogen) atoms. The fraction of sp³-hybridized carbons (Fsp3) is 0.957. The van der Waals surface area contributed by atoms with Gasteiger partial charge in [-0.3, -0.25) is 4.99 Å². The molecule has 14 unspecified atom stereocenters. The minimum absolute atomic E-state index is 0.0503. The van der Waals surface area contributed by atoms with Crippen molar-refractivity contribution >= 4 is 5.84 Å². The van der Waals surface area contributed by atoms with Gasteiger partial charge in [0.2, 0.25) is 0 Å². The van der Waals surface area contributed by atoms with Crippen LogP contribution in [0.25, 0.3) is 0 Å². The molecule has 1 saturated carbocycles. The highest BCUT2D eigenvalue weighted by Crippen LogP contribution is 2.32. The first-order valence-corrected chi connectivity index (χ1v) is 13.5. The lowest BCUT2D eigenvalue weighted by Crippen LogP contribution is -2.66. The molecule has 16 N–H and O–H groups in total. The zero-order chi connectivity index (χ0) is 29.6. The fourth-order valence-corrected chi connectivity index (χ4v) is 5.12. The average Bonchev–Trinajstić information content (AvgIpc) is 2.94. The number of alkyl halides is 1. The Morgan fingerprint density at radius 2 is 1.70 bits per heavy atom. The summed E-state index contributed by atoms with van der Waals surface area (Å²) in [6.45, 7) is -0.771. The lowest BCUT2D eigenvalue weighted by molar-refractivity contribution is -0.312. The van der Waals surface area contributed by atoms with Crippen LogP contribution in [-0.4, -0.2) is 150 Å². The highest BCUT2D eigenvalue weighted by Gasteiger charge is 2.50. The molecule has 1 aliphatic carbocycles. The molecule has 14 atom stereocenters. The van der Waals surface area contributed by atoms with Crippen molar-refractivity contribution in [3.63, 3.8) is 0 Å². The normalized spacial score (nSPS) is 44.0. The van der Waals surface area contributed by atoms with E-state index in [1.165, 1.54) is 0 Å². The van der Waals surface area contributed by atoms with E-state index >= 15 is 0 Å². The summed E-state index contributed by atoms with van der Waals surface area (Å²) in [6.07, 6.45) is -10.7. The van der Waals surface area contributed by atoms with Crippen molar-refractivity contribution < 1.29 is 48.9 Å². The van der Waals surface area contributed by atoms with Crippen molar-refractivity contribution in [1.82, 2.24) is 5.32 Å². The molecule has 3 rings (SSSR count). The van der Waals surface area contributed by atoms with Crippen molar-refractivity contribution in [2.45, 2.75) is 105 Å². The number of hydrogen-bond donors (Lipinski definition) is 11. The van der Waals surface area contributed by atoms with Crippen molar-refractivity contribution in [2.24, 2.45) is 33.7 Å². The Hall–Kier alpha value is -1.16. The number of aliphatic hydroxyl groups is 5. The van der Waals surface area contributed by atoms with Crippen LogP contribution in [0, 0.1) is 0 Å². The van der Waals surface area contributed by atoms with Crippen molar-refractivity contribution in [1.29, 1.82) is 0 Å². The van der Waals surface area contributed by atoms with E-state index in [4.69, 9.17) is 47.6 Å². The van der Waals surface area contributed by atoms with E-state index in [9.17, 15) is 29.9 Å². The summed E-state index contributed by atoms with van der Waals surface area (Å²) in [6, 6.07) is -3.53. The van der Waals surface area contributed by atoms with Gasteiger partial charge >= 0.3 is 0 Å². The first kappa shape index (κ1) is 33.3. The molecular weight excluding hydrogens is 537 g/mol. The maximum Gasteiger partial charge on any atom is 0.186 e. The van der Waals surface area contributed by atoms with Gasteiger partial charge in [-0.1, -0.05) is 0 Å². The fourth-order valence-electron chi connectivity index (χ4n) is 5.12. The van der Waals surface area contributed by atoms with Crippen LogP contribution >= 0.6 is 0 Å². The quantitative estimate of drug-likeness (QED) is 0.0579. The summed E-state index contributed by atoms with van der Waals surface area (Å²) >= 11 is 0. The third-order valence-corrected chi connectivity index (χ3v) is 7.53. The molecule has 0 aromatic heterocycles. The Labute approximate surface area is 231 Å². The molecule has 2 heterocycles. The van der Waals surface area contributed by atoms with Gasteiger partial charge in [-0.2, -0.15) is 0 Å². The van der Waals surface area contributed by atoms with Gasteiger partial charge in [-0.15, -0.1) is 0 Å². The number of rotatable bonds is 12. The number of halogens is 1. The zero-order valence-electron chi connectivity index (χ0n) is 22.3. The molecule has 3 fully saturated rings. The van der Waals surface area contributed by atoms with Crippen LogP contribution in [0.1, 0.15) is 19.3 Å². The summed E-state index contributed by atoms with van der Waals surface area (Å²) in [5, 5.41) is 54.8. The third kappa shape index (κ3) is 8.01. The molecule has 0 bridgehead atoms. The largest absolute Gasteiger partial charge is 0.394 e. The molecule has 0 amide bonds. The number of nitrogens with two attached hydrogens (primary N) is 5. The first-order chi connectivity index (χ1) is 19.0. The first-order valence-electron chi connectivity index (χ1n) is 13.5. The second-order valence-corrected chi connectivity index (χ2v) is 10.5. The standard InChI is InChI=1S/C23H46FN7O9/c24-3-4-30-7-9-1-2-10(26)22(37-9)39-19-11(27)5-12(31-21(29)13(33)6-25)20(18(19)36)40-23-17(35)15(28)16(34)14(8-32)38-23/h9-20,22-23,30,32-36H,1-8,25-28H2,(H2,29,31). The van der Waals surface area contributed by atoms with Crippen LogP contribution in [0.5, 0.6) is 0 Å². The van der Waals surface area contributed by atoms with Crippen LogP contribution in [0.2, 0.25) is 0 Å². The van der Waals surface area contributed by atoms with E-state index in [1.54, 1.807) is 0 Å². The Bertz CT molecular complexity index is 806. The third-order valence-electron chi connectivity index (χ3n) is 7.53. The number of aliphatic imine (C=N–C) groups is 1. The van der Waals surface area contributed by atoms with E-state index in [1.807, 2.05) is 0 Å². The van der Waals surface area contributed by atoms with E-state index in [-0.39, 0.29) is 31.4 Å². The second-order valence-electron chi connectivity index (χ2n) is 10.5. The number of nitrogens with one attached hydrogen (secondary N) is 1. The lowest BCUT2D eigenvalue weighted by Gasteiger charge is -2.47. The maximum absolute atomic E-state index is 12.5. The summed E-state index contributed by atoms with van der Waals surface area (Å²) < 4.78 is 36.0. The van der Waals surface area contributed by atoms with Crippen molar-refractivity contribution in [3.05, 3.63) is 0 Å². The molecule has 0 spiro atoms. The molecule has 0 aromatic carbocycles. The average molecular weight is 584 g/mol. The van der Waals surface area contributed by atoms with Gasteiger partial charge in [-0.05, 0) is 19.3 Å². The maximum atomic E-state index is 12.5. The molecule has 0 aromatic rings. The van der Waals surface area contributed by atoms with Crippen molar-refractivity contribution in [2.75, 3.05) is 32.9 Å². The van der Waals surface area contributed by atoms with Crippen LogP contribution in [-0.2, 0) is 18.9 Å². The van der Waals surface area contributed by atoms with Gasteiger partial charge in [0.25, 0.3) is 0 Å². The minimum Gasteiger partial charge on any atom is -0.394 e. The number of amidine groups is 1. The Morgan fingerprint density at radius 3 is 2.35 bits per heavy atom. The Balaban J connectivity index is 1.81. The number of nitrogens with zero attached hydrogens (tertiary/aromatic N) is 1. The van der Waals surface area contributed by atoms with Gasteiger partial charge in [0, 0.05) is 25.7 Å². The summed E-state index contributed by atoms with van der Waals surface area (Å²) in [5.41, 5.74) is 29.9. The minimum atomic E-state index is -1.54. The molecule has 234 valence electrons. The van der Waals surface area contributed by atoms with Crippen LogP contribution in [0.15, 0.2) is 4.99 Å².